The molecule has 0 unspecified atom stereocenters. The van der Waals surface area contributed by atoms with E-state index in [1.807, 2.05) is 12.3 Å². The molecule has 1 aliphatic rings. The molecule has 5 nitrogen and oxygen atoms in total. The van der Waals surface area contributed by atoms with Gasteiger partial charge in [-0.2, -0.15) is 0 Å². The van der Waals surface area contributed by atoms with Crippen LogP contribution in [-0.4, -0.2) is 34.1 Å². The minimum Gasteiger partial charge on any atom is -0.356 e. The Morgan fingerprint density at radius 3 is 2.83 bits per heavy atom. The highest BCUT2D eigenvalue weighted by atomic mass is 15.2. The average Bonchev–Trinajstić information content (AvgIpc) is 2.87. The SMILES string of the molecule is CN(c1ncnc2[nH]ccc12)C1CCC(N)CC1. The first-order chi connectivity index (χ1) is 8.75. The van der Waals surface area contributed by atoms with E-state index in [1.165, 1.54) is 0 Å². The van der Waals surface area contributed by atoms with Gasteiger partial charge in [-0.1, -0.05) is 0 Å². The smallest absolute Gasteiger partial charge is 0.142 e. The van der Waals surface area contributed by atoms with Crippen molar-refractivity contribution in [3.63, 3.8) is 0 Å². The third-order valence-electron chi connectivity index (χ3n) is 3.96. The van der Waals surface area contributed by atoms with Gasteiger partial charge in [0.15, 0.2) is 0 Å². The van der Waals surface area contributed by atoms with Crippen LogP contribution in [0.15, 0.2) is 18.6 Å². The summed E-state index contributed by atoms with van der Waals surface area (Å²) in [6.07, 6.45) is 8.04. The highest BCUT2D eigenvalue weighted by Crippen LogP contribution is 2.28. The van der Waals surface area contributed by atoms with Crippen molar-refractivity contribution in [1.82, 2.24) is 15.0 Å². The Balaban J connectivity index is 1.87. The number of nitrogens with one attached hydrogen (secondary N) is 1. The van der Waals surface area contributed by atoms with E-state index in [2.05, 4.69) is 26.9 Å². The zero-order chi connectivity index (χ0) is 12.5. The van der Waals surface area contributed by atoms with Crippen LogP contribution in [0.5, 0.6) is 0 Å². The topological polar surface area (TPSA) is 70.8 Å². The number of aromatic nitrogens is 3. The van der Waals surface area contributed by atoms with Crippen molar-refractivity contribution in [2.75, 3.05) is 11.9 Å². The van der Waals surface area contributed by atoms with Gasteiger partial charge < -0.3 is 15.6 Å². The molecule has 5 heteroatoms. The highest BCUT2D eigenvalue weighted by Gasteiger charge is 2.23. The molecule has 0 spiro atoms. The van der Waals surface area contributed by atoms with Crippen LogP contribution in [0.1, 0.15) is 25.7 Å². The molecule has 0 saturated heterocycles. The molecule has 1 fully saturated rings. The molecule has 0 radical (unpaired) electrons. The lowest BCUT2D eigenvalue weighted by Gasteiger charge is -2.34. The van der Waals surface area contributed by atoms with Gasteiger partial charge in [0, 0.05) is 25.3 Å². The molecular formula is C13H19N5. The zero-order valence-electron chi connectivity index (χ0n) is 10.6. The molecule has 2 heterocycles. The fraction of sp³-hybridized carbons (Fsp3) is 0.538. The number of rotatable bonds is 2. The average molecular weight is 245 g/mol. The Kier molecular flexibility index (Phi) is 2.91. The fourth-order valence-electron chi connectivity index (χ4n) is 2.80. The summed E-state index contributed by atoms with van der Waals surface area (Å²) < 4.78 is 0. The number of anilines is 1. The molecule has 96 valence electrons. The van der Waals surface area contributed by atoms with Crippen LogP contribution in [0.2, 0.25) is 0 Å². The predicted molar refractivity (Wildman–Crippen MR) is 72.5 cm³/mol. The zero-order valence-corrected chi connectivity index (χ0v) is 10.6. The van der Waals surface area contributed by atoms with E-state index in [1.54, 1.807) is 6.33 Å². The maximum absolute atomic E-state index is 5.96. The van der Waals surface area contributed by atoms with Gasteiger partial charge in [-0.25, -0.2) is 9.97 Å². The van der Waals surface area contributed by atoms with Crippen LogP contribution in [0.25, 0.3) is 11.0 Å². The first-order valence-electron chi connectivity index (χ1n) is 6.52. The van der Waals surface area contributed by atoms with Crippen molar-refractivity contribution in [3.8, 4) is 0 Å². The normalized spacial score (nSPS) is 24.3. The summed E-state index contributed by atoms with van der Waals surface area (Å²) in [4.78, 5) is 14.1. The van der Waals surface area contributed by atoms with Gasteiger partial charge in [0.1, 0.15) is 17.8 Å². The van der Waals surface area contributed by atoms with Crippen molar-refractivity contribution in [3.05, 3.63) is 18.6 Å². The van der Waals surface area contributed by atoms with Gasteiger partial charge in [-0.05, 0) is 31.7 Å². The molecule has 3 N–H and O–H groups in total. The first-order valence-corrected chi connectivity index (χ1v) is 6.52. The number of fused-ring (bicyclic) bond motifs is 1. The van der Waals surface area contributed by atoms with E-state index >= 15 is 0 Å². The number of aromatic amines is 1. The van der Waals surface area contributed by atoms with E-state index < -0.39 is 0 Å². The third-order valence-corrected chi connectivity index (χ3v) is 3.96. The van der Waals surface area contributed by atoms with Crippen molar-refractivity contribution in [2.45, 2.75) is 37.8 Å². The van der Waals surface area contributed by atoms with Gasteiger partial charge in [-0.3, -0.25) is 0 Å². The lowest BCUT2D eigenvalue weighted by molar-refractivity contribution is 0.384. The van der Waals surface area contributed by atoms with Gasteiger partial charge in [0.05, 0.1) is 5.39 Å². The molecule has 0 amide bonds. The van der Waals surface area contributed by atoms with Gasteiger partial charge in [0.2, 0.25) is 0 Å². The Hall–Kier alpha value is -1.62. The number of H-pyrrole nitrogens is 1. The van der Waals surface area contributed by atoms with E-state index in [0.717, 1.165) is 42.5 Å². The van der Waals surface area contributed by atoms with Crippen molar-refractivity contribution in [1.29, 1.82) is 0 Å². The molecule has 2 aromatic rings. The van der Waals surface area contributed by atoms with E-state index in [4.69, 9.17) is 5.73 Å². The molecule has 3 rings (SSSR count). The summed E-state index contributed by atoms with van der Waals surface area (Å²) in [6.45, 7) is 0. The quantitative estimate of drug-likeness (QED) is 0.844. The Bertz CT molecular complexity index is 527. The van der Waals surface area contributed by atoms with E-state index in [-0.39, 0.29) is 0 Å². The van der Waals surface area contributed by atoms with Crippen molar-refractivity contribution < 1.29 is 0 Å². The first kappa shape index (κ1) is 11.5. The maximum Gasteiger partial charge on any atom is 0.142 e. The maximum atomic E-state index is 5.96. The Labute approximate surface area is 106 Å². The lowest BCUT2D eigenvalue weighted by Crippen LogP contribution is -2.39. The number of hydrogen-bond donors (Lipinski definition) is 2. The second-order valence-electron chi connectivity index (χ2n) is 5.12. The van der Waals surface area contributed by atoms with E-state index in [0.29, 0.717) is 12.1 Å². The van der Waals surface area contributed by atoms with Crippen LogP contribution >= 0.6 is 0 Å². The van der Waals surface area contributed by atoms with Crippen LogP contribution in [0.3, 0.4) is 0 Å². The summed E-state index contributed by atoms with van der Waals surface area (Å²) in [5.41, 5.74) is 6.86. The molecule has 2 aromatic heterocycles. The molecule has 0 aromatic carbocycles. The molecule has 1 saturated carbocycles. The second kappa shape index (κ2) is 4.57. The summed E-state index contributed by atoms with van der Waals surface area (Å²) in [5.74, 6) is 1.02. The summed E-state index contributed by atoms with van der Waals surface area (Å²) in [7, 11) is 2.12. The summed E-state index contributed by atoms with van der Waals surface area (Å²) in [6, 6.07) is 2.96. The standard InChI is InChI=1S/C13H19N5/c1-18(10-4-2-9(14)3-5-10)13-11-6-7-15-12(11)16-8-17-13/h6-10H,2-5,14H2,1H3,(H,15,16,17). The van der Waals surface area contributed by atoms with Gasteiger partial charge in [0.25, 0.3) is 0 Å². The minimum atomic E-state index is 0.382. The fourth-order valence-corrected chi connectivity index (χ4v) is 2.80. The third kappa shape index (κ3) is 1.95. The lowest BCUT2D eigenvalue weighted by atomic mass is 9.91. The molecule has 0 aliphatic heterocycles. The monoisotopic (exact) mass is 245 g/mol. The molecule has 1 aliphatic carbocycles. The van der Waals surface area contributed by atoms with Crippen molar-refractivity contribution in [2.24, 2.45) is 5.73 Å². The minimum absolute atomic E-state index is 0.382. The number of nitrogens with zero attached hydrogens (tertiary/aromatic N) is 3. The Morgan fingerprint density at radius 1 is 1.28 bits per heavy atom. The second-order valence-corrected chi connectivity index (χ2v) is 5.12. The van der Waals surface area contributed by atoms with Crippen molar-refractivity contribution >= 4 is 16.9 Å². The van der Waals surface area contributed by atoms with Gasteiger partial charge >= 0.3 is 0 Å². The predicted octanol–water partition coefficient (Wildman–Crippen LogP) is 1.66. The summed E-state index contributed by atoms with van der Waals surface area (Å²) >= 11 is 0. The molecule has 18 heavy (non-hydrogen) atoms. The van der Waals surface area contributed by atoms with E-state index in [9.17, 15) is 0 Å². The largest absolute Gasteiger partial charge is 0.356 e. The summed E-state index contributed by atoms with van der Waals surface area (Å²) in [5, 5.41) is 1.09. The van der Waals surface area contributed by atoms with Crippen LogP contribution in [0, 0.1) is 0 Å². The number of hydrogen-bond acceptors (Lipinski definition) is 4. The van der Waals surface area contributed by atoms with Crippen LogP contribution in [0.4, 0.5) is 5.82 Å². The molecule has 0 bridgehead atoms. The van der Waals surface area contributed by atoms with Gasteiger partial charge in [-0.15, -0.1) is 0 Å². The van der Waals surface area contributed by atoms with Crippen LogP contribution < -0.4 is 10.6 Å². The van der Waals surface area contributed by atoms with Crippen LogP contribution in [-0.2, 0) is 0 Å². The molecular weight excluding hydrogens is 226 g/mol. The number of nitrogens with two attached hydrogens (primary N) is 1. The highest BCUT2D eigenvalue weighted by molar-refractivity contribution is 5.87. The molecule has 0 atom stereocenters. The Morgan fingerprint density at radius 2 is 2.06 bits per heavy atom.